The van der Waals surface area contributed by atoms with E-state index in [1.807, 2.05) is 26.2 Å². The summed E-state index contributed by atoms with van der Waals surface area (Å²) in [6.07, 6.45) is 8.65. The molecule has 0 bridgehead atoms. The fourth-order valence-electron chi connectivity index (χ4n) is 3.81. The molecule has 1 fully saturated rings. The van der Waals surface area contributed by atoms with Gasteiger partial charge in [-0.3, -0.25) is 19.4 Å². The summed E-state index contributed by atoms with van der Waals surface area (Å²) in [5.41, 5.74) is 3.00. The number of hydrogen-bond donors (Lipinski definition) is 2. The number of aryl methyl sites for hydroxylation is 2. The summed E-state index contributed by atoms with van der Waals surface area (Å²) in [6, 6.07) is 7.43. The summed E-state index contributed by atoms with van der Waals surface area (Å²) in [7, 11) is 1.86. The average Bonchev–Trinajstić information content (AvgIpc) is 3.28. The second-order valence-corrected chi connectivity index (χ2v) is 8.17. The standard InChI is InChI=1S/C24H25N7O3/c1-15-22(34-18-5-8-25-21(11-18)16-12-27-31(2)14-16)4-3-20(28-15)19-13-26-24(30-23(19)32)29-17-6-9-33-10-7-17/h3-5,8,11-14,17H,6-7,9-10H2,1-2H3,(H2,26,29,30,32). The van der Waals surface area contributed by atoms with E-state index >= 15 is 0 Å². The van der Waals surface area contributed by atoms with Gasteiger partial charge in [0.15, 0.2) is 0 Å². The molecule has 0 aromatic carbocycles. The SMILES string of the molecule is Cc1nc(-c2cnc(NC3CCOCC3)[nH]c2=O)ccc1Oc1ccnc(-c2cnn(C)c2)c1. The van der Waals surface area contributed by atoms with Gasteiger partial charge in [0.1, 0.15) is 11.5 Å². The fraction of sp³-hybridized carbons (Fsp3) is 0.292. The largest absolute Gasteiger partial charge is 0.455 e. The van der Waals surface area contributed by atoms with Crippen LogP contribution in [0.3, 0.4) is 0 Å². The maximum atomic E-state index is 12.7. The van der Waals surface area contributed by atoms with E-state index in [9.17, 15) is 4.79 Å². The molecular weight excluding hydrogens is 434 g/mol. The zero-order valence-electron chi connectivity index (χ0n) is 19.0. The predicted molar refractivity (Wildman–Crippen MR) is 127 cm³/mol. The fourth-order valence-corrected chi connectivity index (χ4v) is 3.81. The van der Waals surface area contributed by atoms with Gasteiger partial charge >= 0.3 is 0 Å². The molecule has 1 aliphatic heterocycles. The van der Waals surface area contributed by atoms with E-state index in [-0.39, 0.29) is 11.6 Å². The smallest absolute Gasteiger partial charge is 0.261 e. The molecule has 0 atom stereocenters. The van der Waals surface area contributed by atoms with Crippen LogP contribution in [0.25, 0.3) is 22.5 Å². The molecule has 0 unspecified atom stereocenters. The molecule has 1 saturated heterocycles. The molecule has 10 nitrogen and oxygen atoms in total. The molecule has 5 heterocycles. The van der Waals surface area contributed by atoms with E-state index in [1.54, 1.807) is 41.5 Å². The molecule has 0 spiro atoms. The van der Waals surface area contributed by atoms with Crippen molar-refractivity contribution in [2.24, 2.45) is 7.05 Å². The van der Waals surface area contributed by atoms with Crippen molar-refractivity contribution in [1.29, 1.82) is 0 Å². The van der Waals surface area contributed by atoms with E-state index in [0.717, 1.165) is 24.1 Å². The molecule has 0 saturated carbocycles. The molecule has 0 radical (unpaired) electrons. The number of ether oxygens (including phenoxy) is 2. The van der Waals surface area contributed by atoms with Crippen molar-refractivity contribution in [3.63, 3.8) is 0 Å². The Morgan fingerprint density at radius 2 is 2.00 bits per heavy atom. The first kappa shape index (κ1) is 21.8. The van der Waals surface area contributed by atoms with Crippen LogP contribution in [-0.2, 0) is 11.8 Å². The first-order valence-electron chi connectivity index (χ1n) is 11.1. The third kappa shape index (κ3) is 4.81. The summed E-state index contributed by atoms with van der Waals surface area (Å²) >= 11 is 0. The van der Waals surface area contributed by atoms with Crippen LogP contribution in [0.5, 0.6) is 11.5 Å². The third-order valence-electron chi connectivity index (χ3n) is 5.63. The topological polar surface area (TPSA) is 120 Å². The van der Waals surface area contributed by atoms with Gasteiger partial charge in [-0.25, -0.2) is 9.97 Å². The second-order valence-electron chi connectivity index (χ2n) is 8.17. The number of H-pyrrole nitrogens is 1. The highest BCUT2D eigenvalue weighted by Crippen LogP contribution is 2.28. The number of rotatable bonds is 6. The van der Waals surface area contributed by atoms with E-state index in [0.29, 0.717) is 47.6 Å². The third-order valence-corrected chi connectivity index (χ3v) is 5.63. The highest BCUT2D eigenvalue weighted by atomic mass is 16.5. The number of aromatic amines is 1. The molecule has 4 aromatic rings. The Labute approximate surface area is 196 Å². The minimum atomic E-state index is -0.250. The normalized spacial score (nSPS) is 14.2. The highest BCUT2D eigenvalue weighted by Gasteiger charge is 2.16. The lowest BCUT2D eigenvalue weighted by atomic mass is 10.1. The van der Waals surface area contributed by atoms with Gasteiger partial charge in [-0.2, -0.15) is 5.10 Å². The van der Waals surface area contributed by atoms with Gasteiger partial charge in [0.05, 0.1) is 28.8 Å². The van der Waals surface area contributed by atoms with Gasteiger partial charge in [-0.15, -0.1) is 0 Å². The number of aromatic nitrogens is 6. The van der Waals surface area contributed by atoms with E-state index < -0.39 is 0 Å². The van der Waals surface area contributed by atoms with Gasteiger partial charge in [0, 0.05) is 56.5 Å². The Balaban J connectivity index is 1.32. The number of hydrogen-bond acceptors (Lipinski definition) is 8. The van der Waals surface area contributed by atoms with Crippen LogP contribution in [0.4, 0.5) is 5.95 Å². The average molecular weight is 460 g/mol. The molecule has 4 aromatic heterocycles. The lowest BCUT2D eigenvalue weighted by Gasteiger charge is -2.23. The van der Waals surface area contributed by atoms with Crippen LogP contribution in [0, 0.1) is 6.92 Å². The van der Waals surface area contributed by atoms with Crippen LogP contribution in [0.15, 0.2) is 53.8 Å². The monoisotopic (exact) mass is 459 g/mol. The van der Waals surface area contributed by atoms with Crippen molar-refractivity contribution in [1.82, 2.24) is 29.7 Å². The second kappa shape index (κ2) is 9.44. The summed E-state index contributed by atoms with van der Waals surface area (Å²) in [4.78, 5) is 28.9. The molecule has 2 N–H and O–H groups in total. The van der Waals surface area contributed by atoms with Crippen LogP contribution >= 0.6 is 0 Å². The van der Waals surface area contributed by atoms with Crippen LogP contribution in [0.2, 0.25) is 0 Å². The maximum absolute atomic E-state index is 12.7. The minimum Gasteiger partial charge on any atom is -0.455 e. The molecule has 10 heteroatoms. The van der Waals surface area contributed by atoms with Crippen molar-refractivity contribution < 1.29 is 9.47 Å². The maximum Gasteiger partial charge on any atom is 0.261 e. The molecule has 34 heavy (non-hydrogen) atoms. The molecule has 5 rings (SSSR count). The van der Waals surface area contributed by atoms with Gasteiger partial charge in [-0.05, 0) is 38.0 Å². The van der Waals surface area contributed by atoms with Gasteiger partial charge in [-0.1, -0.05) is 0 Å². The summed E-state index contributed by atoms with van der Waals surface area (Å²) < 4.78 is 13.1. The first-order valence-corrected chi connectivity index (χ1v) is 11.1. The summed E-state index contributed by atoms with van der Waals surface area (Å²) in [6.45, 7) is 3.26. The Bertz CT molecular complexity index is 1360. The van der Waals surface area contributed by atoms with Crippen molar-refractivity contribution in [2.75, 3.05) is 18.5 Å². The van der Waals surface area contributed by atoms with Crippen molar-refractivity contribution in [2.45, 2.75) is 25.8 Å². The molecular formula is C24H25N7O3. The Kier molecular flexibility index (Phi) is 6.05. The van der Waals surface area contributed by atoms with Gasteiger partial charge in [0.2, 0.25) is 5.95 Å². The van der Waals surface area contributed by atoms with Gasteiger partial charge < -0.3 is 14.8 Å². The van der Waals surface area contributed by atoms with Crippen molar-refractivity contribution in [3.05, 3.63) is 65.1 Å². The Morgan fingerprint density at radius 1 is 1.15 bits per heavy atom. The number of nitrogens with zero attached hydrogens (tertiary/aromatic N) is 5. The highest BCUT2D eigenvalue weighted by molar-refractivity contribution is 5.60. The van der Waals surface area contributed by atoms with Crippen LogP contribution in [0.1, 0.15) is 18.5 Å². The predicted octanol–water partition coefficient (Wildman–Crippen LogP) is 3.32. The number of pyridine rings is 2. The first-order chi connectivity index (χ1) is 16.5. The summed E-state index contributed by atoms with van der Waals surface area (Å²) in [5, 5.41) is 7.45. The van der Waals surface area contributed by atoms with Crippen molar-refractivity contribution >= 4 is 5.95 Å². The number of nitrogens with one attached hydrogen (secondary N) is 2. The molecule has 0 aliphatic carbocycles. The molecule has 1 aliphatic rings. The lowest BCUT2D eigenvalue weighted by molar-refractivity contribution is 0.0903. The van der Waals surface area contributed by atoms with Gasteiger partial charge in [0.25, 0.3) is 5.56 Å². The minimum absolute atomic E-state index is 0.242. The lowest BCUT2D eigenvalue weighted by Crippen LogP contribution is -2.29. The zero-order valence-corrected chi connectivity index (χ0v) is 19.0. The van der Waals surface area contributed by atoms with E-state index in [4.69, 9.17) is 9.47 Å². The summed E-state index contributed by atoms with van der Waals surface area (Å²) in [5.74, 6) is 1.68. The van der Waals surface area contributed by atoms with Crippen molar-refractivity contribution in [3.8, 4) is 34.0 Å². The molecule has 0 amide bonds. The number of anilines is 1. The Hall–Kier alpha value is -4.05. The van der Waals surface area contributed by atoms with E-state index in [2.05, 4.69) is 30.4 Å². The Morgan fingerprint density at radius 3 is 2.74 bits per heavy atom. The van der Waals surface area contributed by atoms with Crippen LogP contribution < -0.4 is 15.6 Å². The zero-order chi connectivity index (χ0) is 23.5. The quantitative estimate of drug-likeness (QED) is 0.451. The molecule has 174 valence electrons. The van der Waals surface area contributed by atoms with Crippen LogP contribution in [-0.4, -0.2) is 49.0 Å². The van der Waals surface area contributed by atoms with E-state index in [1.165, 1.54) is 0 Å².